The predicted octanol–water partition coefficient (Wildman–Crippen LogP) is 2.16. The molecule has 1 aromatic rings. The molecule has 118 valence electrons. The van der Waals surface area contributed by atoms with Crippen LogP contribution in [0, 0.1) is 0 Å². The van der Waals surface area contributed by atoms with E-state index >= 15 is 0 Å². The van der Waals surface area contributed by atoms with Gasteiger partial charge in [0.05, 0.1) is 36.0 Å². The summed E-state index contributed by atoms with van der Waals surface area (Å²) in [6, 6.07) is 2.67. The molecule has 1 aromatic carbocycles. The fourth-order valence-electron chi connectivity index (χ4n) is 1.89. The standard InChI is InChI=1S/C13H17ClF2N2O3/c1-2-21-13(20)9-5-8(17)6-10(14)12(9)18(3-4-19)7-11(15)16/h5-6,11,19H,2-4,7,17H2,1H3. The van der Waals surface area contributed by atoms with Gasteiger partial charge in [0.15, 0.2) is 0 Å². The van der Waals surface area contributed by atoms with Crippen molar-refractivity contribution < 1.29 is 23.4 Å². The van der Waals surface area contributed by atoms with Gasteiger partial charge in [0.1, 0.15) is 0 Å². The number of carbonyl (C=O) groups is 1. The van der Waals surface area contributed by atoms with Crippen LogP contribution in [0.2, 0.25) is 5.02 Å². The second-order valence-corrected chi connectivity index (χ2v) is 4.59. The first-order valence-corrected chi connectivity index (χ1v) is 6.68. The van der Waals surface area contributed by atoms with E-state index in [0.717, 1.165) is 4.90 Å². The van der Waals surface area contributed by atoms with Crippen LogP contribution in [-0.2, 0) is 4.74 Å². The zero-order valence-electron chi connectivity index (χ0n) is 11.5. The van der Waals surface area contributed by atoms with Gasteiger partial charge in [-0.05, 0) is 19.1 Å². The SMILES string of the molecule is CCOC(=O)c1cc(N)cc(Cl)c1N(CCO)CC(F)F. The lowest BCUT2D eigenvalue weighted by molar-refractivity contribution is 0.0526. The first-order valence-electron chi connectivity index (χ1n) is 6.30. The number of nitrogen functional groups attached to an aromatic ring is 1. The quantitative estimate of drug-likeness (QED) is 0.594. The van der Waals surface area contributed by atoms with E-state index in [1.165, 1.54) is 12.1 Å². The molecule has 3 N–H and O–H groups in total. The molecule has 0 aliphatic rings. The van der Waals surface area contributed by atoms with E-state index in [4.69, 9.17) is 27.2 Å². The van der Waals surface area contributed by atoms with Crippen molar-refractivity contribution in [2.75, 3.05) is 36.9 Å². The first-order chi connectivity index (χ1) is 9.90. The number of anilines is 2. The van der Waals surface area contributed by atoms with E-state index in [0.29, 0.717) is 0 Å². The third kappa shape index (κ3) is 4.71. The molecule has 0 fully saturated rings. The van der Waals surface area contributed by atoms with Gasteiger partial charge in [0.2, 0.25) is 0 Å². The maximum atomic E-state index is 12.7. The number of halogens is 3. The number of benzene rings is 1. The molecule has 0 atom stereocenters. The summed E-state index contributed by atoms with van der Waals surface area (Å²) < 4.78 is 30.2. The Balaban J connectivity index is 3.32. The Hall–Kier alpha value is -1.60. The molecule has 0 amide bonds. The number of aliphatic hydroxyl groups excluding tert-OH is 1. The molecule has 0 saturated heterocycles. The third-order valence-corrected chi connectivity index (χ3v) is 2.91. The van der Waals surface area contributed by atoms with Gasteiger partial charge in [0.25, 0.3) is 6.43 Å². The molecule has 0 bridgehead atoms. The Bertz CT molecular complexity index is 501. The van der Waals surface area contributed by atoms with Gasteiger partial charge in [-0.15, -0.1) is 0 Å². The van der Waals surface area contributed by atoms with Crippen LogP contribution in [0.1, 0.15) is 17.3 Å². The van der Waals surface area contributed by atoms with E-state index in [1.807, 2.05) is 0 Å². The van der Waals surface area contributed by atoms with Crippen molar-refractivity contribution in [1.29, 1.82) is 0 Å². The predicted molar refractivity (Wildman–Crippen MR) is 77.1 cm³/mol. The number of hydrogen-bond acceptors (Lipinski definition) is 5. The van der Waals surface area contributed by atoms with Crippen LogP contribution in [0.5, 0.6) is 0 Å². The lowest BCUT2D eigenvalue weighted by atomic mass is 10.1. The summed E-state index contributed by atoms with van der Waals surface area (Å²) >= 11 is 6.04. The Morgan fingerprint density at radius 1 is 1.52 bits per heavy atom. The molecule has 0 spiro atoms. The number of nitrogens with zero attached hydrogens (tertiary/aromatic N) is 1. The second-order valence-electron chi connectivity index (χ2n) is 4.18. The number of aliphatic hydroxyl groups is 1. The molecule has 0 heterocycles. The van der Waals surface area contributed by atoms with Gasteiger partial charge in [-0.25, -0.2) is 13.6 Å². The minimum atomic E-state index is -2.65. The van der Waals surface area contributed by atoms with Crippen molar-refractivity contribution in [2.45, 2.75) is 13.3 Å². The minimum absolute atomic E-state index is 0.00375. The number of esters is 1. The van der Waals surface area contributed by atoms with Crippen LogP contribution in [0.4, 0.5) is 20.2 Å². The van der Waals surface area contributed by atoms with E-state index in [1.54, 1.807) is 6.92 Å². The van der Waals surface area contributed by atoms with Crippen molar-refractivity contribution in [3.63, 3.8) is 0 Å². The van der Waals surface area contributed by atoms with Crippen LogP contribution < -0.4 is 10.6 Å². The van der Waals surface area contributed by atoms with Gasteiger partial charge in [-0.1, -0.05) is 11.6 Å². The number of ether oxygens (including phenoxy) is 1. The molecule has 1 rings (SSSR count). The number of rotatable bonds is 7. The zero-order chi connectivity index (χ0) is 16.0. The van der Waals surface area contributed by atoms with E-state index < -0.39 is 18.9 Å². The Kier molecular flexibility index (Phi) is 6.64. The maximum absolute atomic E-state index is 12.7. The first kappa shape index (κ1) is 17.5. The zero-order valence-corrected chi connectivity index (χ0v) is 12.2. The minimum Gasteiger partial charge on any atom is -0.462 e. The van der Waals surface area contributed by atoms with Crippen molar-refractivity contribution >= 4 is 28.9 Å². The molecule has 0 saturated carbocycles. The molecule has 0 aromatic heterocycles. The molecule has 0 aliphatic heterocycles. The van der Waals surface area contributed by atoms with Gasteiger partial charge in [-0.3, -0.25) is 0 Å². The van der Waals surface area contributed by atoms with Gasteiger partial charge in [-0.2, -0.15) is 0 Å². The van der Waals surface area contributed by atoms with Gasteiger partial charge in [0, 0.05) is 12.2 Å². The average molecular weight is 323 g/mol. The lowest BCUT2D eigenvalue weighted by Crippen LogP contribution is -2.33. The largest absolute Gasteiger partial charge is 0.462 e. The summed E-state index contributed by atoms with van der Waals surface area (Å²) in [4.78, 5) is 13.1. The maximum Gasteiger partial charge on any atom is 0.340 e. The van der Waals surface area contributed by atoms with Crippen LogP contribution in [0.25, 0.3) is 0 Å². The highest BCUT2D eigenvalue weighted by Gasteiger charge is 2.23. The summed E-state index contributed by atoms with van der Waals surface area (Å²) in [5, 5.41) is 9.07. The molecule has 8 heteroatoms. The topological polar surface area (TPSA) is 75.8 Å². The fourth-order valence-corrected chi connectivity index (χ4v) is 2.23. The van der Waals surface area contributed by atoms with E-state index in [-0.39, 0.29) is 41.7 Å². The highest BCUT2D eigenvalue weighted by atomic mass is 35.5. The monoisotopic (exact) mass is 322 g/mol. The smallest absolute Gasteiger partial charge is 0.340 e. The molecule has 0 radical (unpaired) electrons. The lowest BCUT2D eigenvalue weighted by Gasteiger charge is -2.26. The summed E-state index contributed by atoms with van der Waals surface area (Å²) in [5.74, 6) is -0.709. The summed E-state index contributed by atoms with van der Waals surface area (Å²) in [6.45, 7) is 0.613. The number of hydrogen-bond donors (Lipinski definition) is 2. The highest BCUT2D eigenvalue weighted by Crippen LogP contribution is 2.33. The van der Waals surface area contributed by atoms with Gasteiger partial charge >= 0.3 is 5.97 Å². The van der Waals surface area contributed by atoms with Crippen LogP contribution in [0.3, 0.4) is 0 Å². The number of alkyl halides is 2. The van der Waals surface area contributed by atoms with Crippen molar-refractivity contribution in [3.05, 3.63) is 22.7 Å². The van der Waals surface area contributed by atoms with Crippen LogP contribution in [-0.4, -0.2) is 43.8 Å². The van der Waals surface area contributed by atoms with Crippen LogP contribution >= 0.6 is 11.6 Å². The summed E-state index contributed by atoms with van der Waals surface area (Å²) in [6.07, 6.45) is -2.65. The van der Waals surface area contributed by atoms with Crippen LogP contribution in [0.15, 0.2) is 12.1 Å². The second kappa shape index (κ2) is 7.99. The van der Waals surface area contributed by atoms with E-state index in [9.17, 15) is 13.6 Å². The van der Waals surface area contributed by atoms with Crippen molar-refractivity contribution in [2.24, 2.45) is 0 Å². The molecular formula is C13H17ClF2N2O3. The molecule has 5 nitrogen and oxygen atoms in total. The van der Waals surface area contributed by atoms with Crippen molar-refractivity contribution in [3.8, 4) is 0 Å². The van der Waals surface area contributed by atoms with Crippen molar-refractivity contribution in [1.82, 2.24) is 0 Å². The fraction of sp³-hybridized carbons (Fsp3) is 0.462. The molecule has 0 unspecified atom stereocenters. The normalized spacial score (nSPS) is 10.8. The molecule has 0 aliphatic carbocycles. The Morgan fingerprint density at radius 2 is 2.19 bits per heavy atom. The highest BCUT2D eigenvalue weighted by molar-refractivity contribution is 6.34. The molecular weight excluding hydrogens is 306 g/mol. The summed E-state index contributed by atoms with van der Waals surface area (Å²) in [5.41, 5.74) is 5.92. The molecule has 21 heavy (non-hydrogen) atoms. The number of carbonyl (C=O) groups excluding carboxylic acids is 1. The summed E-state index contributed by atoms with van der Waals surface area (Å²) in [7, 11) is 0. The Morgan fingerprint density at radius 3 is 2.71 bits per heavy atom. The number of nitrogens with two attached hydrogens (primary N) is 1. The van der Waals surface area contributed by atoms with Gasteiger partial charge < -0.3 is 20.5 Å². The third-order valence-electron chi connectivity index (χ3n) is 2.63. The average Bonchev–Trinajstić information content (AvgIpc) is 2.37. The Labute approximate surface area is 126 Å². The van der Waals surface area contributed by atoms with E-state index in [2.05, 4.69) is 0 Å².